The summed E-state index contributed by atoms with van der Waals surface area (Å²) < 4.78 is 20.1. The maximum atomic E-state index is 11.7. The van der Waals surface area contributed by atoms with Crippen molar-refractivity contribution >= 4 is 0 Å². The van der Waals surface area contributed by atoms with Crippen molar-refractivity contribution < 1.29 is 16.0 Å². The fourth-order valence-electron chi connectivity index (χ4n) is 2.48. The van der Waals surface area contributed by atoms with E-state index in [0.717, 1.165) is 0 Å². The van der Waals surface area contributed by atoms with E-state index < -0.39 is 41.7 Å². The van der Waals surface area contributed by atoms with Crippen LogP contribution < -0.4 is 11.2 Å². The molecule has 0 amide bonds. The van der Waals surface area contributed by atoms with Gasteiger partial charge < -0.3 is 14.6 Å². The number of hydrogen-bond donors (Lipinski definition) is 2. The monoisotopic (exact) mass is 255 g/mol. The molecule has 3 rings (SSSR count). The average Bonchev–Trinajstić information content (AvgIpc) is 2.81. The first-order chi connectivity index (χ1) is 8.95. The highest BCUT2D eigenvalue weighted by atomic mass is 16.6. The van der Waals surface area contributed by atoms with Gasteiger partial charge in [0.05, 0.1) is 6.61 Å². The molecule has 2 fully saturated rings. The molecule has 3 heterocycles. The smallest absolute Gasteiger partial charge is 0.330 e. The zero-order chi connectivity index (χ0) is 13.8. The summed E-state index contributed by atoms with van der Waals surface area (Å²) in [7, 11) is 0. The van der Waals surface area contributed by atoms with E-state index in [2.05, 4.69) is 4.98 Å². The molecular weight excluding hydrogens is 240 g/mol. The molecule has 0 radical (unpaired) electrons. The zero-order valence-corrected chi connectivity index (χ0v) is 9.70. The largest absolute Gasteiger partial charge is 0.387 e. The molecule has 0 spiro atoms. The predicted molar refractivity (Wildman–Crippen MR) is 60.2 cm³/mol. The quantitative estimate of drug-likeness (QED) is 0.705. The summed E-state index contributed by atoms with van der Waals surface area (Å²) in [5, 5.41) is 10.2. The van der Waals surface area contributed by atoms with Crippen LogP contribution in [0.1, 0.15) is 20.9 Å². The molecule has 0 aromatic carbocycles. The molecular formula is C11H14N2O5. The molecule has 1 aromatic heterocycles. The van der Waals surface area contributed by atoms with Crippen molar-refractivity contribution in [1.29, 1.82) is 0 Å². The highest BCUT2D eigenvalue weighted by molar-refractivity contribution is 5.06. The second-order valence-electron chi connectivity index (χ2n) is 4.49. The number of hydrogen-bond acceptors (Lipinski definition) is 5. The number of aliphatic hydroxyl groups excluding tert-OH is 1. The summed E-state index contributed by atoms with van der Waals surface area (Å²) in [6.07, 6.45) is -1.91. The molecule has 7 nitrogen and oxygen atoms in total. The highest BCUT2D eigenvalue weighted by Crippen LogP contribution is 2.45. The van der Waals surface area contributed by atoms with Gasteiger partial charge in [0, 0.05) is 13.6 Å². The van der Waals surface area contributed by atoms with Crippen LogP contribution in [0.3, 0.4) is 0 Å². The second-order valence-corrected chi connectivity index (χ2v) is 4.49. The maximum Gasteiger partial charge on any atom is 0.330 e. The first kappa shape index (κ1) is 10.5. The predicted octanol–water partition coefficient (Wildman–Crippen LogP) is -1.03. The van der Waals surface area contributed by atoms with Crippen molar-refractivity contribution in [3.63, 3.8) is 0 Å². The molecule has 7 heteroatoms. The van der Waals surface area contributed by atoms with Gasteiger partial charge in [-0.2, -0.15) is 0 Å². The lowest BCUT2D eigenvalue weighted by atomic mass is 9.96. The van der Waals surface area contributed by atoms with Crippen LogP contribution in [0.4, 0.5) is 0 Å². The Kier molecular flexibility index (Phi) is 2.20. The topological polar surface area (TPSA) is 93.6 Å². The van der Waals surface area contributed by atoms with Gasteiger partial charge in [0.1, 0.15) is 17.8 Å². The number of aromatic amines is 1. The van der Waals surface area contributed by atoms with Crippen LogP contribution in [0.5, 0.6) is 0 Å². The Hall–Kier alpha value is -1.44. The lowest BCUT2D eigenvalue weighted by Crippen LogP contribution is -2.41. The highest BCUT2D eigenvalue weighted by Gasteiger charge is 2.60. The van der Waals surface area contributed by atoms with Gasteiger partial charge in [-0.25, -0.2) is 4.79 Å². The summed E-state index contributed by atoms with van der Waals surface area (Å²) in [5.41, 5.74) is -2.26. The lowest BCUT2D eigenvalue weighted by Gasteiger charge is -2.30. The van der Waals surface area contributed by atoms with E-state index in [-0.39, 0.29) is 6.61 Å². The van der Waals surface area contributed by atoms with Crippen LogP contribution in [-0.4, -0.2) is 39.1 Å². The molecule has 98 valence electrons. The molecule has 2 saturated heterocycles. The third-order valence-corrected chi connectivity index (χ3v) is 3.55. The summed E-state index contributed by atoms with van der Waals surface area (Å²) in [4.78, 5) is 24.9. The van der Waals surface area contributed by atoms with E-state index >= 15 is 0 Å². The Bertz CT molecular complexity index is 612. The summed E-state index contributed by atoms with van der Waals surface area (Å²) >= 11 is 0. The Morgan fingerprint density at radius 3 is 3.11 bits per heavy atom. The van der Waals surface area contributed by atoms with Crippen LogP contribution >= 0.6 is 0 Å². The molecule has 2 N–H and O–H groups in total. The van der Waals surface area contributed by atoms with E-state index in [1.807, 2.05) is 0 Å². The van der Waals surface area contributed by atoms with Gasteiger partial charge in [-0.05, 0) is 6.40 Å². The number of H-pyrrole nitrogens is 1. The van der Waals surface area contributed by atoms with Crippen molar-refractivity contribution in [2.75, 3.05) is 6.61 Å². The van der Waals surface area contributed by atoms with E-state index in [9.17, 15) is 14.7 Å². The number of fused-ring (bicyclic) bond motifs is 2. The van der Waals surface area contributed by atoms with Gasteiger partial charge in [0.25, 0.3) is 5.56 Å². The van der Waals surface area contributed by atoms with Gasteiger partial charge >= 0.3 is 5.69 Å². The van der Waals surface area contributed by atoms with E-state index in [1.54, 1.807) is 6.92 Å². The third-order valence-electron chi connectivity index (χ3n) is 3.55. The minimum atomic E-state index is -1.12. The summed E-state index contributed by atoms with van der Waals surface area (Å²) in [6.45, 7) is 1.73. The molecule has 0 aliphatic carbocycles. The van der Waals surface area contributed by atoms with Crippen molar-refractivity contribution in [2.45, 2.75) is 37.4 Å². The van der Waals surface area contributed by atoms with E-state index in [0.29, 0.717) is 0 Å². The van der Waals surface area contributed by atoms with Crippen LogP contribution in [-0.2, 0) is 9.47 Å². The van der Waals surface area contributed by atoms with Crippen LogP contribution in [0, 0.1) is 0 Å². The average molecular weight is 255 g/mol. The van der Waals surface area contributed by atoms with Crippen molar-refractivity contribution in [1.82, 2.24) is 9.55 Å². The fraction of sp³-hybridized carbons (Fsp3) is 0.636. The Balaban J connectivity index is 2.01. The number of rotatable bonds is 2. The van der Waals surface area contributed by atoms with Gasteiger partial charge in [-0.1, -0.05) is 6.92 Å². The van der Waals surface area contributed by atoms with Crippen LogP contribution in [0.15, 0.2) is 21.9 Å². The first-order valence-corrected chi connectivity index (χ1v) is 5.67. The van der Waals surface area contributed by atoms with Crippen molar-refractivity contribution in [3.8, 4) is 0 Å². The molecule has 2 aliphatic rings. The molecule has 18 heavy (non-hydrogen) atoms. The Morgan fingerprint density at radius 2 is 2.50 bits per heavy atom. The molecule has 5 atom stereocenters. The van der Waals surface area contributed by atoms with Gasteiger partial charge in [0.15, 0.2) is 6.23 Å². The molecule has 2 aliphatic heterocycles. The zero-order valence-electron chi connectivity index (χ0n) is 10.7. The number of aromatic nitrogens is 2. The second kappa shape index (κ2) is 3.78. The van der Waals surface area contributed by atoms with Gasteiger partial charge in [0.2, 0.25) is 0 Å². The Morgan fingerprint density at radius 1 is 1.72 bits per heavy atom. The Labute approximate surface area is 103 Å². The van der Waals surface area contributed by atoms with Gasteiger partial charge in [-0.15, -0.1) is 0 Å². The summed E-state index contributed by atoms with van der Waals surface area (Å²) in [5.74, 6) is 0. The normalized spacial score (nSPS) is 40.8. The number of ether oxygens (including phenoxy) is 2. The number of nitrogens with zero attached hydrogens (tertiary/aromatic N) is 1. The van der Waals surface area contributed by atoms with Crippen LogP contribution in [0.25, 0.3) is 0 Å². The minimum absolute atomic E-state index is 0.123. The van der Waals surface area contributed by atoms with Crippen LogP contribution in [0.2, 0.25) is 0 Å². The van der Waals surface area contributed by atoms with E-state index in [4.69, 9.17) is 10.8 Å². The molecule has 1 aromatic rings. The lowest BCUT2D eigenvalue weighted by molar-refractivity contribution is -0.175. The number of aliphatic hydroxyl groups is 1. The molecule has 0 saturated carbocycles. The molecule has 0 unspecified atom stereocenters. The third kappa shape index (κ3) is 1.41. The van der Waals surface area contributed by atoms with Crippen molar-refractivity contribution in [3.05, 3.63) is 33.1 Å². The van der Waals surface area contributed by atoms with E-state index in [1.165, 1.54) is 16.8 Å². The molecule has 2 bridgehead atoms. The minimum Gasteiger partial charge on any atom is -0.387 e. The number of nitrogens with one attached hydrogen (secondary N) is 1. The van der Waals surface area contributed by atoms with Gasteiger partial charge in [-0.3, -0.25) is 14.3 Å². The maximum absolute atomic E-state index is 11.7. The first-order valence-electron chi connectivity index (χ1n) is 6.24. The summed E-state index contributed by atoms with van der Waals surface area (Å²) in [6, 6.07) is 1.19. The fourth-order valence-corrected chi connectivity index (χ4v) is 2.48. The SMILES string of the molecule is [2H][C@H](C)[C@]12CO[C@H]([C@H](n3ccc(=O)[nH]c3=O)O1)[C@H]2O. The standard InChI is InChI=1S/C11H14N2O5/c1-2-11-5-17-7(8(11)15)9(18-11)13-4-3-6(14)12-10(13)16/h3-4,7-9,15H,2,5H2,1H3,(H,12,14,16)/t7-,8+,9+,11+/m0/s1/i2D/t2-,7+,8-,9-,11-/m1. The van der Waals surface area contributed by atoms with Crippen molar-refractivity contribution in [2.24, 2.45) is 0 Å².